The van der Waals surface area contributed by atoms with Gasteiger partial charge in [-0.25, -0.2) is 4.18 Å². The van der Waals surface area contributed by atoms with Crippen molar-refractivity contribution in [2.75, 3.05) is 6.26 Å². The first kappa shape index (κ1) is 10.8. The highest BCUT2D eigenvalue weighted by Crippen LogP contribution is 2.17. The molecule has 1 aromatic rings. The van der Waals surface area contributed by atoms with Gasteiger partial charge >= 0.3 is 0 Å². The van der Waals surface area contributed by atoms with E-state index in [9.17, 15) is 8.42 Å². The normalized spacial score (nSPS) is 13.1. The molecule has 0 aliphatic carbocycles. The van der Waals surface area contributed by atoms with Crippen molar-refractivity contribution >= 4 is 10.1 Å². The zero-order valence-electron chi connectivity index (χ0n) is 7.67. The maximum absolute atomic E-state index is 10.9. The molecule has 0 saturated heterocycles. The van der Waals surface area contributed by atoms with Gasteiger partial charge in [-0.2, -0.15) is 8.42 Å². The predicted octanol–water partition coefficient (Wildman–Crippen LogP) is 1.34. The summed E-state index contributed by atoms with van der Waals surface area (Å²) < 4.78 is 26.4. The van der Waals surface area contributed by atoms with Crippen molar-refractivity contribution < 1.29 is 12.6 Å². The molecule has 74 valence electrons. The molecular weight excluding hydrogens is 200 g/mol. The van der Waals surface area contributed by atoms with E-state index in [1.807, 2.05) is 6.07 Å². The van der Waals surface area contributed by atoms with Crippen LogP contribution in [0.3, 0.4) is 0 Å². The molecule has 0 bridgehead atoms. The molecule has 0 amide bonds. The SMILES string of the molecule is C#CC(OS(C)(=O)=O)c1ccccc1. The number of rotatable bonds is 3. The van der Waals surface area contributed by atoms with E-state index >= 15 is 0 Å². The van der Waals surface area contributed by atoms with Crippen LogP contribution in [0.2, 0.25) is 0 Å². The highest BCUT2D eigenvalue weighted by atomic mass is 32.2. The van der Waals surface area contributed by atoms with Crippen molar-refractivity contribution in [3.8, 4) is 12.3 Å². The van der Waals surface area contributed by atoms with Crippen molar-refractivity contribution in [2.24, 2.45) is 0 Å². The van der Waals surface area contributed by atoms with Gasteiger partial charge in [0.15, 0.2) is 6.10 Å². The Hall–Kier alpha value is -1.31. The molecule has 1 atom stereocenters. The topological polar surface area (TPSA) is 43.4 Å². The average Bonchev–Trinajstić information content (AvgIpc) is 2.14. The van der Waals surface area contributed by atoms with E-state index in [1.165, 1.54) is 0 Å². The third-order valence-electron chi connectivity index (χ3n) is 1.52. The molecule has 3 nitrogen and oxygen atoms in total. The molecule has 0 aliphatic rings. The zero-order chi connectivity index (χ0) is 10.6. The lowest BCUT2D eigenvalue weighted by atomic mass is 10.1. The Labute approximate surface area is 83.8 Å². The van der Waals surface area contributed by atoms with Crippen LogP contribution in [0.4, 0.5) is 0 Å². The maximum Gasteiger partial charge on any atom is 0.265 e. The zero-order valence-corrected chi connectivity index (χ0v) is 8.49. The summed E-state index contributed by atoms with van der Waals surface area (Å²) in [5, 5.41) is 0. The lowest BCUT2D eigenvalue weighted by molar-refractivity contribution is 0.273. The number of terminal acetylenes is 1. The summed E-state index contributed by atoms with van der Waals surface area (Å²) in [6.07, 6.45) is 5.30. The molecular formula is C10H10O3S. The molecule has 0 N–H and O–H groups in total. The fraction of sp³-hybridized carbons (Fsp3) is 0.200. The van der Waals surface area contributed by atoms with Crippen LogP contribution in [0.5, 0.6) is 0 Å². The molecule has 0 aromatic heterocycles. The predicted molar refractivity (Wildman–Crippen MR) is 53.9 cm³/mol. The Kier molecular flexibility index (Phi) is 3.28. The van der Waals surface area contributed by atoms with Crippen LogP contribution in [-0.2, 0) is 14.3 Å². The lowest BCUT2D eigenvalue weighted by Crippen LogP contribution is -2.08. The van der Waals surface area contributed by atoms with E-state index < -0.39 is 16.2 Å². The second-order valence-corrected chi connectivity index (χ2v) is 4.36. The Morgan fingerprint density at radius 2 is 1.93 bits per heavy atom. The van der Waals surface area contributed by atoms with E-state index in [1.54, 1.807) is 24.3 Å². The number of benzene rings is 1. The smallest absolute Gasteiger partial charge is 0.249 e. The molecule has 1 rings (SSSR count). The summed E-state index contributed by atoms with van der Waals surface area (Å²) in [5.74, 6) is 2.27. The second-order valence-electron chi connectivity index (χ2n) is 2.76. The first-order valence-electron chi connectivity index (χ1n) is 3.92. The molecule has 4 heteroatoms. The number of hydrogen-bond donors (Lipinski definition) is 0. The van der Waals surface area contributed by atoms with E-state index in [4.69, 9.17) is 10.6 Å². The minimum Gasteiger partial charge on any atom is -0.249 e. The average molecular weight is 210 g/mol. The Bertz CT molecular complexity index is 428. The lowest BCUT2D eigenvalue weighted by Gasteiger charge is -2.09. The minimum absolute atomic E-state index is 0.653. The van der Waals surface area contributed by atoms with Gasteiger partial charge in [0.1, 0.15) is 0 Å². The summed E-state index contributed by atoms with van der Waals surface area (Å²) >= 11 is 0. The molecule has 1 unspecified atom stereocenters. The summed E-state index contributed by atoms with van der Waals surface area (Å²) in [4.78, 5) is 0. The van der Waals surface area contributed by atoms with Crippen LogP contribution < -0.4 is 0 Å². The molecule has 0 heterocycles. The summed E-state index contributed by atoms with van der Waals surface area (Å²) in [7, 11) is -3.53. The van der Waals surface area contributed by atoms with E-state index in [-0.39, 0.29) is 0 Å². The van der Waals surface area contributed by atoms with Crippen LogP contribution in [-0.4, -0.2) is 14.7 Å². The van der Waals surface area contributed by atoms with Gasteiger partial charge in [-0.1, -0.05) is 36.3 Å². The van der Waals surface area contributed by atoms with E-state index in [0.29, 0.717) is 5.56 Å². The summed E-state index contributed by atoms with van der Waals surface area (Å²) in [6.45, 7) is 0. The molecule has 0 aliphatic heterocycles. The van der Waals surface area contributed by atoms with Crippen LogP contribution in [0.15, 0.2) is 30.3 Å². The van der Waals surface area contributed by atoms with Gasteiger partial charge < -0.3 is 0 Å². The fourth-order valence-corrected chi connectivity index (χ4v) is 1.50. The Morgan fingerprint density at radius 1 is 1.36 bits per heavy atom. The number of hydrogen-bond acceptors (Lipinski definition) is 3. The molecule has 14 heavy (non-hydrogen) atoms. The summed E-state index contributed by atoms with van der Waals surface area (Å²) in [6, 6.07) is 8.79. The van der Waals surface area contributed by atoms with E-state index in [2.05, 4.69) is 5.92 Å². The van der Waals surface area contributed by atoms with Crippen molar-refractivity contribution in [3.05, 3.63) is 35.9 Å². The standard InChI is InChI=1S/C10H10O3S/c1-3-10(13-14(2,11)12)9-7-5-4-6-8-9/h1,4-8,10H,2H3. The van der Waals surface area contributed by atoms with Crippen LogP contribution >= 0.6 is 0 Å². The van der Waals surface area contributed by atoms with Crippen molar-refractivity contribution in [1.82, 2.24) is 0 Å². The Balaban J connectivity index is 2.91. The van der Waals surface area contributed by atoms with Gasteiger partial charge in [0, 0.05) is 0 Å². The largest absolute Gasteiger partial charge is 0.265 e. The van der Waals surface area contributed by atoms with Gasteiger partial charge in [-0.05, 0) is 5.56 Å². The van der Waals surface area contributed by atoms with Gasteiger partial charge in [-0.15, -0.1) is 6.42 Å². The monoisotopic (exact) mass is 210 g/mol. The molecule has 0 fully saturated rings. The van der Waals surface area contributed by atoms with Gasteiger partial charge in [0.05, 0.1) is 6.26 Å². The molecule has 0 spiro atoms. The quantitative estimate of drug-likeness (QED) is 0.558. The second kappa shape index (κ2) is 4.27. The Morgan fingerprint density at radius 3 is 2.36 bits per heavy atom. The van der Waals surface area contributed by atoms with E-state index in [0.717, 1.165) is 6.26 Å². The highest BCUT2D eigenvalue weighted by molar-refractivity contribution is 7.86. The van der Waals surface area contributed by atoms with Gasteiger partial charge in [-0.3, -0.25) is 0 Å². The maximum atomic E-state index is 10.9. The fourth-order valence-electron chi connectivity index (χ4n) is 0.982. The molecule has 0 radical (unpaired) electrons. The highest BCUT2D eigenvalue weighted by Gasteiger charge is 2.14. The van der Waals surface area contributed by atoms with Gasteiger partial charge in [0.2, 0.25) is 0 Å². The van der Waals surface area contributed by atoms with Crippen LogP contribution in [0, 0.1) is 12.3 Å². The van der Waals surface area contributed by atoms with Crippen LogP contribution in [0.1, 0.15) is 11.7 Å². The minimum atomic E-state index is -3.53. The molecule has 0 saturated carbocycles. The first-order chi connectivity index (χ1) is 6.53. The van der Waals surface area contributed by atoms with Gasteiger partial charge in [0.25, 0.3) is 10.1 Å². The van der Waals surface area contributed by atoms with Crippen molar-refractivity contribution in [2.45, 2.75) is 6.10 Å². The van der Waals surface area contributed by atoms with Crippen molar-refractivity contribution in [3.63, 3.8) is 0 Å². The van der Waals surface area contributed by atoms with Crippen molar-refractivity contribution in [1.29, 1.82) is 0 Å². The van der Waals surface area contributed by atoms with Crippen LogP contribution in [0.25, 0.3) is 0 Å². The summed E-state index contributed by atoms with van der Waals surface area (Å²) in [5.41, 5.74) is 0.653. The first-order valence-corrected chi connectivity index (χ1v) is 5.74. The third kappa shape index (κ3) is 3.21. The third-order valence-corrected chi connectivity index (χ3v) is 2.07. The molecule has 1 aromatic carbocycles.